The van der Waals surface area contributed by atoms with E-state index in [4.69, 9.17) is 0 Å². The second kappa shape index (κ2) is 3.89. The van der Waals surface area contributed by atoms with E-state index in [2.05, 4.69) is 28.1 Å². The van der Waals surface area contributed by atoms with Crippen molar-refractivity contribution in [3.63, 3.8) is 0 Å². The number of nitrogens with zero attached hydrogens (tertiary/aromatic N) is 2. The van der Waals surface area contributed by atoms with Gasteiger partial charge in [-0.2, -0.15) is 0 Å². The zero-order valence-corrected chi connectivity index (χ0v) is 9.61. The van der Waals surface area contributed by atoms with Crippen LogP contribution in [0.15, 0.2) is 18.7 Å². The van der Waals surface area contributed by atoms with Gasteiger partial charge in [-0.15, -0.1) is 0 Å². The molecule has 3 rings (SSSR count). The smallest absolute Gasteiger partial charge is 0.140 e. The number of H-pyrrole nitrogens is 1. The molecule has 84 valence electrons. The van der Waals surface area contributed by atoms with Crippen LogP contribution in [0.2, 0.25) is 0 Å². The molecule has 0 spiro atoms. The number of nitrogens with one attached hydrogen (secondary N) is 1. The zero-order chi connectivity index (χ0) is 11.0. The first-order valence-electron chi connectivity index (χ1n) is 6.11. The van der Waals surface area contributed by atoms with Crippen molar-refractivity contribution < 1.29 is 0 Å². The largest absolute Gasteiger partial charge is 0.346 e. The third kappa shape index (κ3) is 1.60. The number of fused-ring (bicyclic) bond motifs is 1. The number of hydrogen-bond acceptors (Lipinski definition) is 2. The molecule has 1 unspecified atom stereocenters. The molecular formula is C13H17N3. The molecule has 1 saturated carbocycles. The quantitative estimate of drug-likeness (QED) is 0.793. The highest BCUT2D eigenvalue weighted by molar-refractivity contribution is 5.79. The Morgan fingerprint density at radius 3 is 3.19 bits per heavy atom. The standard InChI is InChI=1S/C13H17N3/c1-9-3-2-4-10(5-9)11-7-15-13-12(11)6-14-8-16-13/h6-10H,2-5H2,1H3,(H,14,15,16)/t9-,10?/m0/s1. The van der Waals surface area contributed by atoms with Crippen molar-refractivity contribution in [3.8, 4) is 0 Å². The van der Waals surface area contributed by atoms with Gasteiger partial charge >= 0.3 is 0 Å². The van der Waals surface area contributed by atoms with Crippen LogP contribution in [-0.4, -0.2) is 15.0 Å². The maximum Gasteiger partial charge on any atom is 0.140 e. The first-order valence-corrected chi connectivity index (χ1v) is 6.11. The van der Waals surface area contributed by atoms with E-state index in [-0.39, 0.29) is 0 Å². The van der Waals surface area contributed by atoms with Crippen LogP contribution < -0.4 is 0 Å². The zero-order valence-electron chi connectivity index (χ0n) is 9.61. The van der Waals surface area contributed by atoms with Crippen LogP contribution >= 0.6 is 0 Å². The average Bonchev–Trinajstić information content (AvgIpc) is 2.72. The third-order valence-electron chi connectivity index (χ3n) is 3.76. The van der Waals surface area contributed by atoms with Gasteiger partial charge in [0, 0.05) is 17.8 Å². The first-order chi connectivity index (χ1) is 7.84. The Labute approximate surface area is 95.3 Å². The van der Waals surface area contributed by atoms with Gasteiger partial charge in [0.25, 0.3) is 0 Å². The Kier molecular flexibility index (Phi) is 2.39. The molecule has 0 aromatic carbocycles. The van der Waals surface area contributed by atoms with Crippen LogP contribution in [-0.2, 0) is 0 Å². The molecule has 0 radical (unpaired) electrons. The summed E-state index contributed by atoms with van der Waals surface area (Å²) in [5.41, 5.74) is 2.39. The summed E-state index contributed by atoms with van der Waals surface area (Å²) in [4.78, 5) is 11.6. The van der Waals surface area contributed by atoms with Gasteiger partial charge < -0.3 is 4.98 Å². The van der Waals surface area contributed by atoms with Gasteiger partial charge in [0.05, 0.1) is 0 Å². The molecule has 3 heteroatoms. The molecule has 3 nitrogen and oxygen atoms in total. The van der Waals surface area contributed by atoms with Crippen molar-refractivity contribution in [1.82, 2.24) is 15.0 Å². The second-order valence-corrected chi connectivity index (χ2v) is 5.00. The predicted octanol–water partition coefficient (Wildman–Crippen LogP) is 3.25. The second-order valence-electron chi connectivity index (χ2n) is 5.00. The summed E-state index contributed by atoms with van der Waals surface area (Å²) in [6, 6.07) is 0. The molecule has 1 fully saturated rings. The van der Waals surface area contributed by atoms with E-state index in [0.717, 1.165) is 11.6 Å². The van der Waals surface area contributed by atoms with Crippen molar-refractivity contribution >= 4 is 11.0 Å². The lowest BCUT2D eigenvalue weighted by Crippen LogP contribution is -2.11. The lowest BCUT2D eigenvalue weighted by atomic mass is 9.79. The van der Waals surface area contributed by atoms with Crippen molar-refractivity contribution in [2.45, 2.75) is 38.5 Å². The first kappa shape index (κ1) is 9.82. The molecule has 2 aromatic rings. The lowest BCUT2D eigenvalue weighted by Gasteiger charge is -2.26. The van der Waals surface area contributed by atoms with Gasteiger partial charge in [-0.25, -0.2) is 9.97 Å². The molecule has 2 aromatic heterocycles. The highest BCUT2D eigenvalue weighted by Gasteiger charge is 2.22. The monoisotopic (exact) mass is 215 g/mol. The minimum Gasteiger partial charge on any atom is -0.346 e. The van der Waals surface area contributed by atoms with Gasteiger partial charge in [0.2, 0.25) is 0 Å². The van der Waals surface area contributed by atoms with Crippen molar-refractivity contribution in [1.29, 1.82) is 0 Å². The van der Waals surface area contributed by atoms with Crippen LogP contribution in [0.1, 0.15) is 44.1 Å². The molecule has 1 aliphatic carbocycles. The van der Waals surface area contributed by atoms with E-state index in [1.165, 1.54) is 36.6 Å². The van der Waals surface area contributed by atoms with E-state index < -0.39 is 0 Å². The summed E-state index contributed by atoms with van der Waals surface area (Å²) in [5, 5.41) is 1.21. The SMILES string of the molecule is C[C@H]1CCCC(c2c[nH]c3ncncc23)C1. The molecule has 2 atom stereocenters. The van der Waals surface area contributed by atoms with Gasteiger partial charge in [-0.3, -0.25) is 0 Å². The molecule has 2 heterocycles. The molecule has 0 amide bonds. The van der Waals surface area contributed by atoms with Crippen molar-refractivity contribution in [3.05, 3.63) is 24.3 Å². The summed E-state index contributed by atoms with van der Waals surface area (Å²) in [6.07, 6.45) is 11.0. The van der Waals surface area contributed by atoms with E-state index in [9.17, 15) is 0 Å². The number of aromatic nitrogens is 3. The Hall–Kier alpha value is -1.38. The van der Waals surface area contributed by atoms with Gasteiger partial charge in [0.1, 0.15) is 12.0 Å². The average molecular weight is 215 g/mol. The Balaban J connectivity index is 1.99. The Bertz CT molecular complexity index is 489. The molecule has 16 heavy (non-hydrogen) atoms. The third-order valence-corrected chi connectivity index (χ3v) is 3.76. The topological polar surface area (TPSA) is 41.6 Å². The van der Waals surface area contributed by atoms with Crippen LogP contribution in [0.4, 0.5) is 0 Å². The molecule has 0 saturated heterocycles. The normalized spacial score (nSPS) is 26.1. The maximum absolute atomic E-state index is 4.25. The summed E-state index contributed by atoms with van der Waals surface area (Å²) in [7, 11) is 0. The highest BCUT2D eigenvalue weighted by atomic mass is 14.9. The predicted molar refractivity (Wildman–Crippen MR) is 64.3 cm³/mol. The van der Waals surface area contributed by atoms with E-state index >= 15 is 0 Å². The molecule has 1 N–H and O–H groups in total. The van der Waals surface area contributed by atoms with E-state index in [1.807, 2.05) is 6.20 Å². The number of hydrogen-bond donors (Lipinski definition) is 1. The summed E-state index contributed by atoms with van der Waals surface area (Å²) >= 11 is 0. The van der Waals surface area contributed by atoms with Crippen LogP contribution in [0.3, 0.4) is 0 Å². The Morgan fingerprint density at radius 2 is 2.31 bits per heavy atom. The number of rotatable bonds is 1. The minimum atomic E-state index is 0.698. The molecular weight excluding hydrogens is 198 g/mol. The fourth-order valence-electron chi connectivity index (χ4n) is 2.93. The Morgan fingerprint density at radius 1 is 1.38 bits per heavy atom. The fraction of sp³-hybridized carbons (Fsp3) is 0.538. The number of aromatic amines is 1. The van der Waals surface area contributed by atoms with Crippen LogP contribution in [0.5, 0.6) is 0 Å². The van der Waals surface area contributed by atoms with Gasteiger partial charge in [-0.1, -0.05) is 19.8 Å². The summed E-state index contributed by atoms with van der Waals surface area (Å²) in [5.74, 6) is 1.55. The maximum atomic E-state index is 4.25. The highest BCUT2D eigenvalue weighted by Crippen LogP contribution is 2.38. The lowest BCUT2D eigenvalue weighted by molar-refractivity contribution is 0.345. The van der Waals surface area contributed by atoms with E-state index in [0.29, 0.717) is 5.92 Å². The van der Waals surface area contributed by atoms with Gasteiger partial charge in [-0.05, 0) is 30.2 Å². The van der Waals surface area contributed by atoms with Crippen LogP contribution in [0.25, 0.3) is 11.0 Å². The molecule has 1 aliphatic rings. The van der Waals surface area contributed by atoms with Crippen LogP contribution in [0, 0.1) is 5.92 Å². The molecule has 0 bridgehead atoms. The summed E-state index contributed by atoms with van der Waals surface area (Å²) < 4.78 is 0. The fourth-order valence-corrected chi connectivity index (χ4v) is 2.93. The molecule has 0 aliphatic heterocycles. The van der Waals surface area contributed by atoms with Crippen molar-refractivity contribution in [2.75, 3.05) is 0 Å². The van der Waals surface area contributed by atoms with Gasteiger partial charge in [0.15, 0.2) is 0 Å². The van der Waals surface area contributed by atoms with E-state index in [1.54, 1.807) is 6.33 Å². The van der Waals surface area contributed by atoms with Crippen molar-refractivity contribution in [2.24, 2.45) is 5.92 Å². The summed E-state index contributed by atoms with van der Waals surface area (Å²) in [6.45, 7) is 2.36. The minimum absolute atomic E-state index is 0.698.